The number of esters is 1. The molecular formula is C46H53F2N7O7. The molecule has 0 aliphatic carbocycles. The zero-order valence-corrected chi connectivity index (χ0v) is 34.9. The fourth-order valence-electron chi connectivity index (χ4n) is 7.69. The fourth-order valence-corrected chi connectivity index (χ4v) is 7.69. The first kappa shape index (κ1) is 44.3. The van der Waals surface area contributed by atoms with Crippen molar-refractivity contribution in [3.63, 3.8) is 0 Å². The van der Waals surface area contributed by atoms with Gasteiger partial charge >= 0.3 is 18.0 Å². The molecule has 62 heavy (non-hydrogen) atoms. The van der Waals surface area contributed by atoms with Crippen molar-refractivity contribution in [2.75, 3.05) is 102 Å². The van der Waals surface area contributed by atoms with Gasteiger partial charge in [-0.2, -0.15) is 0 Å². The van der Waals surface area contributed by atoms with Crippen LogP contribution in [0.1, 0.15) is 31.8 Å². The van der Waals surface area contributed by atoms with E-state index in [9.17, 15) is 28.0 Å². The number of nitrogens with zero attached hydrogens (tertiary/aromatic N) is 6. The maximum absolute atomic E-state index is 13.5. The van der Waals surface area contributed by atoms with Gasteiger partial charge in [0.25, 0.3) is 0 Å². The summed E-state index contributed by atoms with van der Waals surface area (Å²) in [6.07, 6.45) is 0. The number of nitrogens with two attached hydrogens (primary N) is 1. The molecule has 0 aromatic heterocycles. The highest BCUT2D eigenvalue weighted by atomic mass is 19.1. The lowest BCUT2D eigenvalue weighted by atomic mass is 10.1. The predicted molar refractivity (Wildman–Crippen MR) is 229 cm³/mol. The van der Waals surface area contributed by atoms with Crippen LogP contribution in [0.5, 0.6) is 0 Å². The van der Waals surface area contributed by atoms with Gasteiger partial charge in [-0.3, -0.25) is 24.4 Å². The number of ketones is 1. The van der Waals surface area contributed by atoms with E-state index in [1.165, 1.54) is 31.4 Å². The molecule has 0 spiro atoms. The van der Waals surface area contributed by atoms with Crippen molar-refractivity contribution in [1.29, 1.82) is 0 Å². The van der Waals surface area contributed by atoms with Gasteiger partial charge in [-0.25, -0.2) is 23.2 Å². The van der Waals surface area contributed by atoms with E-state index in [1.807, 2.05) is 21.9 Å². The lowest BCUT2D eigenvalue weighted by Crippen LogP contribution is -2.59. The number of Topliss-reactive ketones (excluding diaryl/α,β-unsaturated/α-hetero) is 1. The number of amides is 4. The number of anilines is 2. The maximum Gasteiger partial charge on any atom is 0.337 e. The third-order valence-corrected chi connectivity index (χ3v) is 11.7. The summed E-state index contributed by atoms with van der Waals surface area (Å²) in [5.41, 5.74) is 9.40. The number of rotatable bonds is 11. The minimum Gasteiger partial charge on any atom is -0.465 e. The van der Waals surface area contributed by atoms with Crippen molar-refractivity contribution in [2.45, 2.75) is 25.2 Å². The van der Waals surface area contributed by atoms with Crippen LogP contribution in [0.3, 0.4) is 0 Å². The Morgan fingerprint density at radius 2 is 0.952 bits per heavy atom. The van der Waals surface area contributed by atoms with Crippen molar-refractivity contribution in [3.05, 3.63) is 131 Å². The smallest absolute Gasteiger partial charge is 0.337 e. The molecule has 2 N–H and O–H groups in total. The number of hydrogen-bond donors (Lipinski definition) is 1. The number of carbonyl (C=O) groups excluding carboxylic acids is 4. The molecule has 328 valence electrons. The van der Waals surface area contributed by atoms with Crippen molar-refractivity contribution in [1.82, 2.24) is 19.6 Å². The number of urea groups is 2. The molecule has 0 saturated carbocycles. The normalized spacial score (nSPS) is 17.2. The molecular weight excluding hydrogens is 801 g/mol. The Hall–Kier alpha value is -5.78. The van der Waals surface area contributed by atoms with E-state index in [0.29, 0.717) is 73.9 Å². The molecule has 14 nitrogen and oxygen atoms in total. The first-order valence-electron chi connectivity index (χ1n) is 20.9. The largest absolute Gasteiger partial charge is 0.465 e. The molecule has 8 rings (SSSR count). The quantitative estimate of drug-likeness (QED) is 0.164. The van der Waals surface area contributed by atoms with Crippen LogP contribution in [0, 0.1) is 11.6 Å². The van der Waals surface area contributed by atoms with Crippen LogP contribution >= 0.6 is 0 Å². The van der Waals surface area contributed by atoms with E-state index in [2.05, 4.69) is 9.80 Å². The van der Waals surface area contributed by atoms with Gasteiger partial charge in [-0.1, -0.05) is 36.4 Å². The molecule has 4 aromatic carbocycles. The summed E-state index contributed by atoms with van der Waals surface area (Å²) in [7, 11) is 1.34. The predicted octanol–water partition coefficient (Wildman–Crippen LogP) is 4.87. The first-order valence-corrected chi connectivity index (χ1v) is 20.9. The summed E-state index contributed by atoms with van der Waals surface area (Å²) >= 11 is 0. The van der Waals surface area contributed by atoms with E-state index in [1.54, 1.807) is 70.5 Å². The van der Waals surface area contributed by atoms with Crippen molar-refractivity contribution in [3.8, 4) is 0 Å². The molecule has 4 aromatic rings. The summed E-state index contributed by atoms with van der Waals surface area (Å²) in [4.78, 5) is 62.0. The molecule has 0 unspecified atom stereocenters. The Morgan fingerprint density at radius 3 is 1.27 bits per heavy atom. The molecule has 4 aliphatic heterocycles. The molecule has 0 bridgehead atoms. The lowest BCUT2D eigenvalue weighted by molar-refractivity contribution is -0.0738. The van der Waals surface area contributed by atoms with Crippen LogP contribution in [-0.2, 0) is 27.3 Å². The number of benzene rings is 4. The SMILES string of the molecule is COC(=O)c1ccc(CN(C(=O)N2CCN(C3COC3)CC2)c2ccc(F)cc2)cc1.NCC(=O)c1ccc(CN(C(=O)N2CCN(C3COC3)CC2)c2ccc(F)cc2)cc1. The average Bonchev–Trinajstić information content (AvgIpc) is 3.27. The van der Waals surface area contributed by atoms with Crippen molar-refractivity contribution >= 4 is 35.2 Å². The lowest BCUT2D eigenvalue weighted by Gasteiger charge is -2.43. The summed E-state index contributed by atoms with van der Waals surface area (Å²) in [6.45, 7) is 9.41. The zero-order chi connectivity index (χ0) is 43.6. The molecule has 4 amide bonds. The Labute approximate surface area is 360 Å². The second kappa shape index (κ2) is 20.9. The third-order valence-electron chi connectivity index (χ3n) is 11.7. The fraction of sp³-hybridized carbons (Fsp3) is 0.391. The summed E-state index contributed by atoms with van der Waals surface area (Å²) < 4.78 is 42.2. The van der Waals surface area contributed by atoms with Crippen LogP contribution in [-0.4, -0.2) is 148 Å². The molecule has 4 heterocycles. The van der Waals surface area contributed by atoms with Gasteiger partial charge in [0.2, 0.25) is 0 Å². The van der Waals surface area contributed by atoms with Gasteiger partial charge in [0.15, 0.2) is 5.78 Å². The molecule has 4 fully saturated rings. The maximum atomic E-state index is 13.5. The Kier molecular flexibility index (Phi) is 14.9. The Bertz CT molecular complexity index is 1970. The highest BCUT2D eigenvalue weighted by molar-refractivity contribution is 5.97. The topological polar surface area (TPSA) is 141 Å². The summed E-state index contributed by atoms with van der Waals surface area (Å²) in [6, 6.07) is 26.6. The van der Waals surface area contributed by atoms with Crippen LogP contribution in [0.15, 0.2) is 97.1 Å². The minimum atomic E-state index is -0.409. The van der Waals surface area contributed by atoms with Crippen molar-refractivity contribution < 1.29 is 42.2 Å². The summed E-state index contributed by atoms with van der Waals surface area (Å²) in [5, 5.41) is 0. The molecule has 16 heteroatoms. The molecule has 0 radical (unpaired) electrons. The van der Waals surface area contributed by atoms with E-state index in [0.717, 1.165) is 63.7 Å². The van der Waals surface area contributed by atoms with E-state index < -0.39 is 5.97 Å². The Morgan fingerprint density at radius 1 is 0.581 bits per heavy atom. The number of methoxy groups -OCH3 is 1. The van der Waals surface area contributed by atoms with E-state index >= 15 is 0 Å². The average molecular weight is 854 g/mol. The van der Waals surface area contributed by atoms with Gasteiger partial charge in [0, 0.05) is 69.3 Å². The number of ether oxygens (including phenoxy) is 3. The first-order chi connectivity index (χ1) is 30.1. The third kappa shape index (κ3) is 11.0. The van der Waals surface area contributed by atoms with Crippen LogP contribution in [0.25, 0.3) is 0 Å². The van der Waals surface area contributed by atoms with Gasteiger partial charge in [-0.05, 0) is 71.8 Å². The van der Waals surface area contributed by atoms with Crippen LogP contribution in [0.4, 0.5) is 29.7 Å². The highest BCUT2D eigenvalue weighted by Gasteiger charge is 2.34. The summed E-state index contributed by atoms with van der Waals surface area (Å²) in [5.74, 6) is -1.24. The number of carbonyl (C=O) groups is 4. The van der Waals surface area contributed by atoms with E-state index in [-0.39, 0.29) is 36.0 Å². The van der Waals surface area contributed by atoms with Gasteiger partial charge in [-0.15, -0.1) is 0 Å². The highest BCUT2D eigenvalue weighted by Crippen LogP contribution is 2.24. The zero-order valence-electron chi connectivity index (χ0n) is 34.9. The molecule has 0 atom stereocenters. The monoisotopic (exact) mass is 853 g/mol. The van der Waals surface area contributed by atoms with E-state index in [4.69, 9.17) is 19.9 Å². The van der Waals surface area contributed by atoms with Crippen molar-refractivity contribution in [2.24, 2.45) is 5.73 Å². The minimum absolute atomic E-state index is 0.0432. The molecule has 4 saturated heterocycles. The number of piperazine rings is 2. The second-order valence-electron chi connectivity index (χ2n) is 15.6. The Balaban J connectivity index is 0.000000186. The van der Waals surface area contributed by atoms with Gasteiger partial charge in [0.05, 0.1) is 70.8 Å². The molecule has 4 aliphatic rings. The standard InChI is InChI=1S/C23H27FN4O3.C23H26FN3O4/c24-19-5-7-20(8-6-19)28(14-17-1-3-18(4-2-17)22(29)13-25)23(30)27-11-9-26(10-12-27)21-15-31-16-21;1-30-22(28)18-4-2-17(3-5-18)14-27(20-8-6-19(24)7-9-20)23(29)26-12-10-25(11-13-26)21-15-31-16-21/h1-8,21H,9-16,25H2;2-9,21H,10-16H2,1H3. The number of hydrogen-bond acceptors (Lipinski definition) is 10. The van der Waals surface area contributed by atoms with Gasteiger partial charge < -0.3 is 29.7 Å². The number of halogens is 2. The second-order valence-corrected chi connectivity index (χ2v) is 15.6. The van der Waals surface area contributed by atoms with Crippen LogP contribution < -0.4 is 15.5 Å². The van der Waals surface area contributed by atoms with Crippen LogP contribution in [0.2, 0.25) is 0 Å². The van der Waals surface area contributed by atoms with Gasteiger partial charge in [0.1, 0.15) is 11.6 Å².